The number of nitrogens with zero attached hydrogens (tertiary/aromatic N) is 2. The van der Waals surface area contributed by atoms with E-state index in [0.717, 1.165) is 19.5 Å². The van der Waals surface area contributed by atoms with Crippen LogP contribution < -0.4 is 11.6 Å². The summed E-state index contributed by atoms with van der Waals surface area (Å²) in [5.74, 6) is 6.24. The third-order valence-corrected chi connectivity index (χ3v) is 2.15. The Bertz CT molecular complexity index is 297. The lowest BCUT2D eigenvalue weighted by atomic mass is 10.0. The van der Waals surface area contributed by atoms with E-state index in [2.05, 4.69) is 4.98 Å². The molecule has 1 aromatic rings. The highest BCUT2D eigenvalue weighted by Crippen LogP contribution is 2.17. The van der Waals surface area contributed by atoms with Crippen molar-refractivity contribution in [2.75, 3.05) is 12.3 Å². The molecule has 12 heavy (non-hydrogen) atoms. The number of hydrogen-bond acceptors (Lipinski definition) is 4. The Labute approximate surface area is 71.1 Å². The van der Waals surface area contributed by atoms with Crippen molar-refractivity contribution >= 4 is 5.82 Å². The second-order valence-corrected chi connectivity index (χ2v) is 3.10. The molecule has 1 aliphatic heterocycles. The number of aromatic nitrogens is 1. The van der Waals surface area contributed by atoms with Gasteiger partial charge in [-0.05, 0) is 23.6 Å². The first-order valence-electron chi connectivity index (χ1n) is 3.98. The predicted molar refractivity (Wildman–Crippen MR) is 47.0 cm³/mol. The van der Waals surface area contributed by atoms with Gasteiger partial charge in [-0.3, -0.25) is 5.84 Å². The van der Waals surface area contributed by atoms with Crippen molar-refractivity contribution in [2.24, 2.45) is 5.84 Å². The minimum absolute atomic E-state index is 0.573. The molecule has 1 aliphatic rings. The van der Waals surface area contributed by atoms with E-state index in [4.69, 9.17) is 11.6 Å². The van der Waals surface area contributed by atoms with Crippen LogP contribution in [0.15, 0.2) is 12.3 Å². The quantitative estimate of drug-likeness (QED) is 0.525. The van der Waals surface area contributed by atoms with Crippen molar-refractivity contribution in [3.8, 4) is 0 Å². The van der Waals surface area contributed by atoms with Gasteiger partial charge in [0.1, 0.15) is 5.82 Å². The third-order valence-electron chi connectivity index (χ3n) is 2.15. The average Bonchev–Trinajstić information content (AvgIpc) is 2.03. The van der Waals surface area contributed by atoms with Gasteiger partial charge in [-0.15, -0.1) is 0 Å². The zero-order chi connectivity index (χ0) is 8.55. The molecule has 64 valence electrons. The monoisotopic (exact) mass is 164 g/mol. The molecule has 0 saturated heterocycles. The summed E-state index contributed by atoms with van der Waals surface area (Å²) in [5.41, 5.74) is 8.03. The molecule has 0 radical (unpaired) electrons. The maximum absolute atomic E-state index is 5.67. The Morgan fingerprint density at radius 2 is 2.25 bits per heavy atom. The molecule has 4 heteroatoms. The van der Waals surface area contributed by atoms with Gasteiger partial charge >= 0.3 is 0 Å². The summed E-state index contributed by atoms with van der Waals surface area (Å²) in [5, 5.41) is 1.79. The molecule has 0 aliphatic carbocycles. The van der Waals surface area contributed by atoms with Crippen LogP contribution in [0.5, 0.6) is 0 Å². The number of nitrogens with two attached hydrogens (primary N) is 2. The number of rotatable bonds is 0. The fourth-order valence-corrected chi connectivity index (χ4v) is 1.48. The highest BCUT2D eigenvalue weighted by atomic mass is 15.4. The van der Waals surface area contributed by atoms with Crippen LogP contribution >= 0.6 is 0 Å². The summed E-state index contributed by atoms with van der Waals surface area (Å²) in [6.45, 7) is 1.68. The van der Waals surface area contributed by atoms with E-state index in [9.17, 15) is 0 Å². The fourth-order valence-electron chi connectivity index (χ4n) is 1.48. The molecule has 0 amide bonds. The lowest BCUT2D eigenvalue weighted by Crippen LogP contribution is -2.36. The Kier molecular flexibility index (Phi) is 1.71. The Balaban J connectivity index is 2.37. The van der Waals surface area contributed by atoms with Gasteiger partial charge in [-0.2, -0.15) is 0 Å². The van der Waals surface area contributed by atoms with Crippen LogP contribution in [0.4, 0.5) is 5.82 Å². The van der Waals surface area contributed by atoms with Gasteiger partial charge < -0.3 is 5.73 Å². The topological polar surface area (TPSA) is 68.2 Å². The van der Waals surface area contributed by atoms with Gasteiger partial charge in [0, 0.05) is 19.3 Å². The standard InChI is InChI=1S/C8H12N4/c9-8-3-7-5-12(10)2-1-6(7)4-11-8/h3-4H,1-2,5,10H2,(H2,9,11). The number of hydrogen-bond donors (Lipinski definition) is 2. The van der Waals surface area contributed by atoms with Crippen LogP contribution in [0.1, 0.15) is 11.1 Å². The van der Waals surface area contributed by atoms with E-state index >= 15 is 0 Å². The molecule has 0 spiro atoms. The summed E-state index contributed by atoms with van der Waals surface area (Å²) < 4.78 is 0. The molecular formula is C8H12N4. The van der Waals surface area contributed by atoms with E-state index < -0.39 is 0 Å². The van der Waals surface area contributed by atoms with E-state index in [0.29, 0.717) is 5.82 Å². The Hall–Kier alpha value is -1.13. The lowest BCUT2D eigenvalue weighted by Gasteiger charge is -2.23. The number of pyridine rings is 1. The van der Waals surface area contributed by atoms with Crippen molar-refractivity contribution in [1.29, 1.82) is 0 Å². The van der Waals surface area contributed by atoms with Crippen LogP contribution in [-0.4, -0.2) is 16.5 Å². The zero-order valence-electron chi connectivity index (χ0n) is 6.83. The highest BCUT2D eigenvalue weighted by Gasteiger charge is 2.13. The first-order valence-corrected chi connectivity index (χ1v) is 3.98. The van der Waals surface area contributed by atoms with E-state index in [1.807, 2.05) is 12.3 Å². The van der Waals surface area contributed by atoms with Gasteiger partial charge in [-0.25, -0.2) is 9.99 Å². The molecule has 0 aromatic carbocycles. The third kappa shape index (κ3) is 1.26. The van der Waals surface area contributed by atoms with Crippen LogP contribution in [-0.2, 0) is 13.0 Å². The van der Waals surface area contributed by atoms with E-state index in [1.165, 1.54) is 11.1 Å². The first kappa shape index (κ1) is 7.52. The Morgan fingerprint density at radius 1 is 1.42 bits per heavy atom. The maximum Gasteiger partial charge on any atom is 0.123 e. The predicted octanol–water partition coefficient (Wildman–Crippen LogP) is -0.104. The molecule has 2 heterocycles. The fraction of sp³-hybridized carbons (Fsp3) is 0.375. The summed E-state index contributed by atoms with van der Waals surface area (Å²) in [6.07, 6.45) is 2.82. The van der Waals surface area contributed by atoms with Crippen molar-refractivity contribution in [2.45, 2.75) is 13.0 Å². The molecule has 4 nitrogen and oxygen atoms in total. The summed E-state index contributed by atoms with van der Waals surface area (Å²) in [7, 11) is 0. The Morgan fingerprint density at radius 3 is 3.08 bits per heavy atom. The second-order valence-electron chi connectivity index (χ2n) is 3.10. The highest BCUT2D eigenvalue weighted by molar-refractivity contribution is 5.38. The van der Waals surface area contributed by atoms with Gasteiger partial charge in [-0.1, -0.05) is 0 Å². The average molecular weight is 164 g/mol. The summed E-state index contributed by atoms with van der Waals surface area (Å²) >= 11 is 0. The van der Waals surface area contributed by atoms with Crippen molar-refractivity contribution in [3.05, 3.63) is 23.4 Å². The normalized spacial score (nSPS) is 17.4. The molecule has 1 aromatic heterocycles. The van der Waals surface area contributed by atoms with Crippen molar-refractivity contribution < 1.29 is 0 Å². The van der Waals surface area contributed by atoms with Crippen LogP contribution in [0, 0.1) is 0 Å². The molecule has 0 unspecified atom stereocenters. The number of nitrogen functional groups attached to an aromatic ring is 1. The molecule has 0 bridgehead atoms. The molecule has 0 atom stereocenters. The van der Waals surface area contributed by atoms with Crippen LogP contribution in [0.25, 0.3) is 0 Å². The molecule has 0 saturated carbocycles. The minimum atomic E-state index is 0.573. The van der Waals surface area contributed by atoms with Crippen LogP contribution in [0.3, 0.4) is 0 Å². The minimum Gasteiger partial charge on any atom is -0.384 e. The number of fused-ring (bicyclic) bond motifs is 1. The number of hydrazine groups is 1. The largest absolute Gasteiger partial charge is 0.384 e. The van der Waals surface area contributed by atoms with Gasteiger partial charge in [0.15, 0.2) is 0 Å². The van der Waals surface area contributed by atoms with E-state index in [1.54, 1.807) is 5.01 Å². The van der Waals surface area contributed by atoms with Gasteiger partial charge in [0.2, 0.25) is 0 Å². The lowest BCUT2D eigenvalue weighted by molar-refractivity contribution is 0.262. The van der Waals surface area contributed by atoms with Gasteiger partial charge in [0.25, 0.3) is 0 Å². The summed E-state index contributed by atoms with van der Waals surface area (Å²) in [4.78, 5) is 4.04. The summed E-state index contributed by atoms with van der Waals surface area (Å²) in [6, 6.07) is 1.90. The van der Waals surface area contributed by atoms with Crippen LogP contribution in [0.2, 0.25) is 0 Å². The number of anilines is 1. The molecule has 4 N–H and O–H groups in total. The first-order chi connectivity index (χ1) is 5.75. The van der Waals surface area contributed by atoms with Crippen molar-refractivity contribution in [1.82, 2.24) is 9.99 Å². The van der Waals surface area contributed by atoms with Crippen molar-refractivity contribution in [3.63, 3.8) is 0 Å². The second kappa shape index (κ2) is 2.73. The maximum atomic E-state index is 5.67. The molecule has 2 rings (SSSR count). The smallest absolute Gasteiger partial charge is 0.123 e. The zero-order valence-corrected chi connectivity index (χ0v) is 6.83. The van der Waals surface area contributed by atoms with E-state index in [-0.39, 0.29) is 0 Å². The molecular weight excluding hydrogens is 152 g/mol. The van der Waals surface area contributed by atoms with Gasteiger partial charge in [0.05, 0.1) is 0 Å². The SMILES string of the molecule is Nc1cc2c(cn1)CCN(N)C2. The molecule has 0 fully saturated rings.